The first-order valence-corrected chi connectivity index (χ1v) is 11.3. The predicted octanol–water partition coefficient (Wildman–Crippen LogP) is 6.67. The monoisotopic (exact) mass is 474 g/mol. The van der Waals surface area contributed by atoms with E-state index in [-0.39, 0.29) is 11.5 Å². The number of carbonyl (C=O) groups is 2. The largest absolute Gasteiger partial charge is 0.478 e. The molecule has 4 N–H and O–H groups in total. The summed E-state index contributed by atoms with van der Waals surface area (Å²) < 4.78 is 0. The van der Waals surface area contributed by atoms with Gasteiger partial charge >= 0.3 is 5.97 Å². The molecule has 0 saturated carbocycles. The minimum atomic E-state index is -0.996. The fraction of sp³-hybridized carbons (Fsp3) is 0. The number of hydrogen-bond acceptors (Lipinski definition) is 5. The van der Waals surface area contributed by atoms with Crippen LogP contribution in [0.2, 0.25) is 0 Å². The third kappa shape index (κ3) is 5.15. The molecule has 7 heteroatoms. The molecular weight excluding hydrogens is 452 g/mol. The number of carboxylic acid groups (broad SMARTS) is 1. The first kappa shape index (κ1) is 22.6. The smallest absolute Gasteiger partial charge is 0.335 e. The van der Waals surface area contributed by atoms with Crippen LogP contribution in [0.5, 0.6) is 0 Å². The Balaban J connectivity index is 1.25. The number of nitrogens with one attached hydrogen (secondary N) is 3. The van der Waals surface area contributed by atoms with E-state index >= 15 is 0 Å². The van der Waals surface area contributed by atoms with Crippen LogP contribution in [0.25, 0.3) is 10.9 Å². The van der Waals surface area contributed by atoms with E-state index < -0.39 is 5.97 Å². The summed E-state index contributed by atoms with van der Waals surface area (Å²) in [5.74, 6) is -1.21. The van der Waals surface area contributed by atoms with Gasteiger partial charge < -0.3 is 21.1 Å². The molecule has 7 nitrogen and oxygen atoms in total. The van der Waals surface area contributed by atoms with Crippen LogP contribution in [0.3, 0.4) is 0 Å². The van der Waals surface area contributed by atoms with E-state index in [1.54, 1.807) is 48.7 Å². The summed E-state index contributed by atoms with van der Waals surface area (Å²) in [5, 5.41) is 19.5. The second-order valence-electron chi connectivity index (χ2n) is 8.12. The summed E-state index contributed by atoms with van der Waals surface area (Å²) in [7, 11) is 0. The molecule has 5 aromatic rings. The van der Waals surface area contributed by atoms with Gasteiger partial charge in [0.25, 0.3) is 5.91 Å². The lowest BCUT2D eigenvalue weighted by Gasteiger charge is -2.11. The van der Waals surface area contributed by atoms with Gasteiger partial charge in [0.05, 0.1) is 11.1 Å². The van der Waals surface area contributed by atoms with E-state index in [2.05, 4.69) is 20.9 Å². The van der Waals surface area contributed by atoms with Gasteiger partial charge in [0, 0.05) is 45.6 Å². The van der Waals surface area contributed by atoms with Crippen molar-refractivity contribution < 1.29 is 14.7 Å². The number of carbonyl (C=O) groups excluding carboxylic acids is 1. The van der Waals surface area contributed by atoms with Gasteiger partial charge in [-0.25, -0.2) is 4.79 Å². The number of pyridine rings is 1. The van der Waals surface area contributed by atoms with Crippen LogP contribution in [0.15, 0.2) is 109 Å². The van der Waals surface area contributed by atoms with Gasteiger partial charge in [-0.05, 0) is 84.9 Å². The highest BCUT2D eigenvalue weighted by Crippen LogP contribution is 2.26. The number of aromatic nitrogens is 1. The molecule has 0 aliphatic heterocycles. The topological polar surface area (TPSA) is 103 Å². The van der Waals surface area contributed by atoms with E-state index in [0.29, 0.717) is 22.2 Å². The number of anilines is 5. The Hall–Kier alpha value is -5.17. The lowest BCUT2D eigenvalue weighted by atomic mass is 10.1. The number of aromatic carboxylic acids is 1. The number of rotatable bonds is 7. The molecule has 0 bridgehead atoms. The molecule has 5 rings (SSSR count). The highest BCUT2D eigenvalue weighted by atomic mass is 16.4. The van der Waals surface area contributed by atoms with Gasteiger partial charge in [0.1, 0.15) is 0 Å². The third-order valence-electron chi connectivity index (χ3n) is 5.62. The lowest BCUT2D eigenvalue weighted by Crippen LogP contribution is -2.11. The van der Waals surface area contributed by atoms with Crippen molar-refractivity contribution in [2.45, 2.75) is 0 Å². The van der Waals surface area contributed by atoms with E-state index in [1.165, 1.54) is 6.07 Å². The molecule has 0 unspecified atom stereocenters. The van der Waals surface area contributed by atoms with Crippen LogP contribution in [0.4, 0.5) is 28.4 Å². The van der Waals surface area contributed by atoms with Crippen molar-refractivity contribution in [3.63, 3.8) is 0 Å². The average molecular weight is 475 g/mol. The summed E-state index contributed by atoms with van der Waals surface area (Å²) in [6, 6.07) is 31.0. The fourth-order valence-electron chi connectivity index (χ4n) is 3.78. The number of amides is 1. The lowest BCUT2D eigenvalue weighted by molar-refractivity contribution is 0.0697. The molecule has 0 saturated heterocycles. The van der Waals surface area contributed by atoms with Crippen LogP contribution < -0.4 is 16.0 Å². The van der Waals surface area contributed by atoms with Crippen molar-refractivity contribution in [3.05, 3.63) is 120 Å². The van der Waals surface area contributed by atoms with Gasteiger partial charge in [-0.1, -0.05) is 18.2 Å². The molecule has 36 heavy (non-hydrogen) atoms. The maximum Gasteiger partial charge on any atom is 0.335 e. The molecule has 1 heterocycles. The molecule has 1 amide bonds. The molecule has 4 aromatic carbocycles. The van der Waals surface area contributed by atoms with Gasteiger partial charge in [0.2, 0.25) is 0 Å². The molecule has 0 spiro atoms. The van der Waals surface area contributed by atoms with Gasteiger partial charge in [-0.2, -0.15) is 0 Å². The predicted molar refractivity (Wildman–Crippen MR) is 143 cm³/mol. The fourth-order valence-corrected chi connectivity index (χ4v) is 3.78. The number of hydrogen-bond donors (Lipinski definition) is 4. The Morgan fingerprint density at radius 1 is 0.639 bits per heavy atom. The maximum atomic E-state index is 12.7. The summed E-state index contributed by atoms with van der Waals surface area (Å²) in [5.41, 5.74) is 5.48. The average Bonchev–Trinajstić information content (AvgIpc) is 2.91. The number of para-hydroxylation sites is 1. The quantitative estimate of drug-likeness (QED) is 0.210. The van der Waals surface area contributed by atoms with E-state index in [0.717, 1.165) is 22.7 Å². The molecule has 176 valence electrons. The molecule has 0 radical (unpaired) electrons. The molecule has 0 fully saturated rings. The summed E-state index contributed by atoms with van der Waals surface area (Å²) >= 11 is 0. The van der Waals surface area contributed by atoms with Crippen molar-refractivity contribution in [2.24, 2.45) is 0 Å². The number of nitrogens with zero attached hydrogens (tertiary/aromatic N) is 1. The Morgan fingerprint density at radius 2 is 1.25 bits per heavy atom. The number of fused-ring (bicyclic) bond motifs is 1. The molecule has 0 aliphatic carbocycles. The van der Waals surface area contributed by atoms with Crippen LogP contribution in [0, 0.1) is 0 Å². The Bertz CT molecular complexity index is 1530. The Kier molecular flexibility index (Phi) is 6.27. The van der Waals surface area contributed by atoms with Gasteiger partial charge in [-0.3, -0.25) is 9.78 Å². The van der Waals surface area contributed by atoms with Crippen molar-refractivity contribution in [3.8, 4) is 0 Å². The minimum absolute atomic E-state index is 0.189. The van der Waals surface area contributed by atoms with Crippen molar-refractivity contribution in [1.82, 2.24) is 4.98 Å². The van der Waals surface area contributed by atoms with Crippen molar-refractivity contribution >= 4 is 51.2 Å². The van der Waals surface area contributed by atoms with Crippen molar-refractivity contribution in [1.29, 1.82) is 0 Å². The van der Waals surface area contributed by atoms with E-state index in [9.17, 15) is 14.7 Å². The van der Waals surface area contributed by atoms with Gasteiger partial charge in [0.15, 0.2) is 0 Å². The third-order valence-corrected chi connectivity index (χ3v) is 5.62. The standard InChI is InChI=1S/C29H22N4O3/c34-28(33-24-13-11-22(12-14-24)31-21-4-2-1-3-5-21)19-6-9-23(10-7-19)32-27-16-17-30-26-15-8-20(29(35)36)18-25(26)27/h1-18,31H,(H,30,32)(H,33,34)(H,35,36). The molecule has 1 aromatic heterocycles. The maximum absolute atomic E-state index is 12.7. The SMILES string of the molecule is O=C(O)c1ccc2nccc(Nc3ccc(C(=O)Nc4ccc(Nc5ccccc5)cc4)cc3)c2c1. The second-order valence-corrected chi connectivity index (χ2v) is 8.12. The van der Waals surface area contributed by atoms with Crippen LogP contribution >= 0.6 is 0 Å². The van der Waals surface area contributed by atoms with E-state index in [4.69, 9.17) is 0 Å². The first-order chi connectivity index (χ1) is 17.5. The Morgan fingerprint density at radius 3 is 1.97 bits per heavy atom. The molecule has 0 aliphatic rings. The number of benzene rings is 4. The summed E-state index contributed by atoms with van der Waals surface area (Å²) in [6.45, 7) is 0. The van der Waals surface area contributed by atoms with Crippen molar-refractivity contribution in [2.75, 3.05) is 16.0 Å². The molecular formula is C29H22N4O3. The second kappa shape index (κ2) is 9.99. The summed E-state index contributed by atoms with van der Waals surface area (Å²) in [4.78, 5) is 28.4. The van der Waals surface area contributed by atoms with Crippen LogP contribution in [0.1, 0.15) is 20.7 Å². The zero-order chi connectivity index (χ0) is 24.9. The minimum Gasteiger partial charge on any atom is -0.478 e. The highest BCUT2D eigenvalue weighted by Gasteiger charge is 2.10. The van der Waals surface area contributed by atoms with Crippen LogP contribution in [-0.2, 0) is 0 Å². The normalized spacial score (nSPS) is 10.6. The number of carboxylic acids is 1. The van der Waals surface area contributed by atoms with Gasteiger partial charge in [-0.15, -0.1) is 0 Å². The zero-order valence-electron chi connectivity index (χ0n) is 19.1. The highest BCUT2D eigenvalue weighted by molar-refractivity contribution is 6.04. The van der Waals surface area contributed by atoms with Crippen LogP contribution in [-0.4, -0.2) is 22.0 Å². The summed E-state index contributed by atoms with van der Waals surface area (Å²) in [6.07, 6.45) is 1.66. The van der Waals surface area contributed by atoms with E-state index in [1.807, 2.05) is 54.6 Å². The first-order valence-electron chi connectivity index (χ1n) is 11.3. The Labute approximate surface area is 207 Å². The zero-order valence-corrected chi connectivity index (χ0v) is 19.1. The molecule has 0 atom stereocenters.